The van der Waals surface area contributed by atoms with Crippen LogP contribution < -0.4 is 0 Å². The number of carbonyl (C=O) groups is 2. The van der Waals surface area contributed by atoms with E-state index in [1.807, 2.05) is 30.0 Å². The van der Waals surface area contributed by atoms with Gasteiger partial charge in [0.15, 0.2) is 0 Å². The van der Waals surface area contributed by atoms with Crippen LogP contribution in [0.2, 0.25) is 0 Å². The number of ether oxygens (including phenoxy) is 1. The number of esters is 1. The monoisotopic (exact) mass is 414 g/mol. The van der Waals surface area contributed by atoms with Crippen molar-refractivity contribution in [3.05, 3.63) is 35.9 Å². The number of aryl methyl sites for hydroxylation is 1. The number of rotatable bonds is 8. The standard InChI is InChI=1S/C24H34N2O4/c1-4-29-23(28)24(12-8-11-19-9-6-5-7-10-19)13-15-26(16-14-24)22(27)21-17-20(18(2)3)25-30-21/h5-7,9-10,18,21H,4,8,11-17H2,1-3H3/t21-/m0/s1. The van der Waals surface area contributed by atoms with Gasteiger partial charge in [0.25, 0.3) is 5.91 Å². The van der Waals surface area contributed by atoms with Crippen molar-refractivity contribution in [3.63, 3.8) is 0 Å². The maximum Gasteiger partial charge on any atom is 0.312 e. The molecule has 1 amide bonds. The Kier molecular flexibility index (Phi) is 7.51. The van der Waals surface area contributed by atoms with Crippen molar-refractivity contribution in [2.24, 2.45) is 16.5 Å². The molecule has 1 aromatic rings. The third-order valence-corrected chi connectivity index (χ3v) is 6.34. The van der Waals surface area contributed by atoms with Gasteiger partial charge in [-0.1, -0.05) is 49.3 Å². The van der Waals surface area contributed by atoms with Crippen molar-refractivity contribution >= 4 is 17.6 Å². The summed E-state index contributed by atoms with van der Waals surface area (Å²) in [6, 6.07) is 10.3. The number of benzene rings is 1. The first-order valence-corrected chi connectivity index (χ1v) is 11.2. The van der Waals surface area contributed by atoms with E-state index in [2.05, 4.69) is 31.1 Å². The maximum absolute atomic E-state index is 12.9. The summed E-state index contributed by atoms with van der Waals surface area (Å²) < 4.78 is 5.44. The summed E-state index contributed by atoms with van der Waals surface area (Å²) in [7, 11) is 0. The summed E-state index contributed by atoms with van der Waals surface area (Å²) >= 11 is 0. The van der Waals surface area contributed by atoms with Crippen LogP contribution in [-0.4, -0.2) is 48.3 Å². The number of likely N-dealkylation sites (tertiary alicyclic amines) is 1. The van der Waals surface area contributed by atoms with Gasteiger partial charge in [0, 0.05) is 19.5 Å². The lowest BCUT2D eigenvalue weighted by Gasteiger charge is -2.40. The molecule has 3 rings (SSSR count). The lowest BCUT2D eigenvalue weighted by Crippen LogP contribution is -2.49. The molecule has 6 nitrogen and oxygen atoms in total. The third-order valence-electron chi connectivity index (χ3n) is 6.34. The van der Waals surface area contributed by atoms with Gasteiger partial charge in [-0.2, -0.15) is 0 Å². The summed E-state index contributed by atoms with van der Waals surface area (Å²) in [5.41, 5.74) is 1.72. The number of hydrogen-bond acceptors (Lipinski definition) is 5. The van der Waals surface area contributed by atoms with Crippen LogP contribution in [0.1, 0.15) is 58.4 Å². The number of oxime groups is 1. The highest BCUT2D eigenvalue weighted by Gasteiger charge is 2.44. The van der Waals surface area contributed by atoms with Crippen LogP contribution >= 0.6 is 0 Å². The van der Waals surface area contributed by atoms with Crippen molar-refractivity contribution in [1.82, 2.24) is 4.90 Å². The molecule has 1 saturated heterocycles. The zero-order valence-corrected chi connectivity index (χ0v) is 18.4. The number of piperidine rings is 1. The van der Waals surface area contributed by atoms with E-state index in [1.165, 1.54) is 5.56 Å². The van der Waals surface area contributed by atoms with Crippen LogP contribution in [0.25, 0.3) is 0 Å². The second-order valence-corrected chi connectivity index (χ2v) is 8.70. The molecule has 164 valence electrons. The lowest BCUT2D eigenvalue weighted by atomic mass is 9.74. The van der Waals surface area contributed by atoms with Crippen molar-refractivity contribution in [1.29, 1.82) is 0 Å². The van der Waals surface area contributed by atoms with E-state index in [4.69, 9.17) is 9.57 Å². The molecule has 2 aliphatic heterocycles. The van der Waals surface area contributed by atoms with Crippen LogP contribution in [0.3, 0.4) is 0 Å². The van der Waals surface area contributed by atoms with E-state index in [0.717, 1.165) is 25.0 Å². The molecule has 2 aliphatic rings. The minimum absolute atomic E-state index is 0.0175. The van der Waals surface area contributed by atoms with Gasteiger partial charge in [-0.05, 0) is 50.5 Å². The molecule has 1 atom stereocenters. The molecule has 6 heteroatoms. The van der Waals surface area contributed by atoms with Crippen molar-refractivity contribution in [2.75, 3.05) is 19.7 Å². The zero-order valence-electron chi connectivity index (χ0n) is 18.4. The number of nitrogens with zero attached hydrogens (tertiary/aromatic N) is 2. The van der Waals surface area contributed by atoms with Gasteiger partial charge < -0.3 is 14.5 Å². The minimum atomic E-state index is -0.518. The van der Waals surface area contributed by atoms with Crippen molar-refractivity contribution < 1.29 is 19.2 Å². The summed E-state index contributed by atoms with van der Waals surface area (Å²) in [4.78, 5) is 33.0. The number of hydrogen-bond donors (Lipinski definition) is 0. The molecule has 0 radical (unpaired) electrons. The van der Waals surface area contributed by atoms with Crippen LogP contribution in [0.15, 0.2) is 35.5 Å². The van der Waals surface area contributed by atoms with E-state index in [-0.39, 0.29) is 17.8 Å². The predicted molar refractivity (Wildman–Crippen MR) is 116 cm³/mol. The van der Waals surface area contributed by atoms with E-state index in [0.29, 0.717) is 39.0 Å². The van der Waals surface area contributed by atoms with Crippen LogP contribution in [0.4, 0.5) is 0 Å². The topological polar surface area (TPSA) is 68.2 Å². The van der Waals surface area contributed by atoms with E-state index < -0.39 is 11.5 Å². The molecule has 0 saturated carbocycles. The van der Waals surface area contributed by atoms with Gasteiger partial charge in [0.05, 0.1) is 17.7 Å². The highest BCUT2D eigenvalue weighted by Crippen LogP contribution is 2.38. The highest BCUT2D eigenvalue weighted by atomic mass is 16.6. The van der Waals surface area contributed by atoms with E-state index in [1.54, 1.807) is 0 Å². The number of carbonyl (C=O) groups excluding carboxylic acids is 2. The van der Waals surface area contributed by atoms with E-state index in [9.17, 15) is 9.59 Å². The second kappa shape index (κ2) is 10.1. The molecular weight excluding hydrogens is 380 g/mol. The Hall–Kier alpha value is -2.37. The molecule has 2 heterocycles. The second-order valence-electron chi connectivity index (χ2n) is 8.70. The van der Waals surface area contributed by atoms with Gasteiger partial charge in [0.1, 0.15) is 0 Å². The maximum atomic E-state index is 12.9. The normalized spacial score (nSPS) is 20.6. The predicted octanol–water partition coefficient (Wildman–Crippen LogP) is 3.98. The molecule has 0 unspecified atom stereocenters. The summed E-state index contributed by atoms with van der Waals surface area (Å²) in [5.74, 6) is 0.147. The summed E-state index contributed by atoms with van der Waals surface area (Å²) in [6.07, 6.45) is 3.96. The van der Waals surface area contributed by atoms with Gasteiger partial charge >= 0.3 is 5.97 Å². The Morgan fingerprint density at radius 1 is 1.23 bits per heavy atom. The Morgan fingerprint density at radius 2 is 1.93 bits per heavy atom. The average Bonchev–Trinajstić information content (AvgIpc) is 3.25. The molecule has 0 spiro atoms. The largest absolute Gasteiger partial charge is 0.466 e. The molecular formula is C24H34N2O4. The first-order chi connectivity index (χ1) is 14.4. The summed E-state index contributed by atoms with van der Waals surface area (Å²) in [6.45, 7) is 7.45. The van der Waals surface area contributed by atoms with Gasteiger partial charge in [0.2, 0.25) is 6.10 Å². The Labute approximate surface area is 179 Å². The SMILES string of the molecule is CCOC(=O)C1(CCCc2ccccc2)CCN(C(=O)[C@@H]2CC(C(C)C)=NO2)CC1. The van der Waals surface area contributed by atoms with E-state index >= 15 is 0 Å². The van der Waals surface area contributed by atoms with Crippen LogP contribution in [0, 0.1) is 11.3 Å². The fraction of sp³-hybridized carbons (Fsp3) is 0.625. The van der Waals surface area contributed by atoms with Gasteiger partial charge in [-0.15, -0.1) is 0 Å². The molecule has 0 N–H and O–H groups in total. The highest BCUT2D eigenvalue weighted by molar-refractivity contribution is 5.94. The van der Waals surface area contributed by atoms with Crippen LogP contribution in [0.5, 0.6) is 0 Å². The Morgan fingerprint density at radius 3 is 2.53 bits per heavy atom. The first kappa shape index (κ1) is 22.3. The molecule has 0 aromatic heterocycles. The van der Waals surface area contributed by atoms with Crippen molar-refractivity contribution in [3.8, 4) is 0 Å². The Balaban J connectivity index is 1.57. The fourth-order valence-electron chi connectivity index (χ4n) is 4.34. The third kappa shape index (κ3) is 5.21. The zero-order chi connectivity index (χ0) is 21.6. The van der Waals surface area contributed by atoms with Gasteiger partial charge in [-0.25, -0.2) is 0 Å². The smallest absolute Gasteiger partial charge is 0.312 e. The minimum Gasteiger partial charge on any atom is -0.466 e. The average molecular weight is 415 g/mol. The molecule has 30 heavy (non-hydrogen) atoms. The fourth-order valence-corrected chi connectivity index (χ4v) is 4.34. The first-order valence-electron chi connectivity index (χ1n) is 11.2. The van der Waals surface area contributed by atoms with Crippen LogP contribution in [-0.2, 0) is 25.6 Å². The summed E-state index contributed by atoms with van der Waals surface area (Å²) in [5, 5.41) is 4.08. The Bertz CT molecular complexity index is 752. The lowest BCUT2D eigenvalue weighted by molar-refractivity contribution is -0.162. The molecule has 0 bridgehead atoms. The molecule has 1 aromatic carbocycles. The molecule has 0 aliphatic carbocycles. The number of amides is 1. The van der Waals surface area contributed by atoms with Crippen molar-refractivity contribution in [2.45, 2.75) is 65.4 Å². The van der Waals surface area contributed by atoms with Gasteiger partial charge in [-0.3, -0.25) is 9.59 Å². The molecule has 1 fully saturated rings. The quantitative estimate of drug-likeness (QED) is 0.604.